The highest BCUT2D eigenvalue weighted by molar-refractivity contribution is 6.30. The Bertz CT molecular complexity index is 970. The van der Waals surface area contributed by atoms with Crippen molar-refractivity contribution < 1.29 is 24.0 Å². The van der Waals surface area contributed by atoms with Crippen molar-refractivity contribution in [1.82, 2.24) is 10.5 Å². The normalized spacial score (nSPS) is 11.6. The average Bonchev–Trinajstić information content (AvgIpc) is 3.13. The van der Waals surface area contributed by atoms with Gasteiger partial charge in [0.05, 0.1) is 11.6 Å². The van der Waals surface area contributed by atoms with Gasteiger partial charge in [-0.1, -0.05) is 47.1 Å². The Morgan fingerprint density at radius 2 is 1.86 bits per heavy atom. The zero-order valence-corrected chi connectivity index (χ0v) is 15.6. The number of aromatic carboxylic acids is 1. The van der Waals surface area contributed by atoms with Gasteiger partial charge in [0.15, 0.2) is 6.61 Å². The van der Waals surface area contributed by atoms with Gasteiger partial charge in [0.2, 0.25) is 5.76 Å². The van der Waals surface area contributed by atoms with E-state index in [0.29, 0.717) is 22.0 Å². The van der Waals surface area contributed by atoms with Gasteiger partial charge in [0, 0.05) is 10.6 Å². The smallest absolute Gasteiger partial charge is 0.375 e. The summed E-state index contributed by atoms with van der Waals surface area (Å²) in [5, 5.41) is 16.5. The second kappa shape index (κ2) is 8.58. The molecule has 0 aliphatic carbocycles. The lowest BCUT2D eigenvalue weighted by Gasteiger charge is -2.15. The number of aromatic nitrogens is 1. The first kappa shape index (κ1) is 19.4. The molecule has 0 radical (unpaired) electrons. The fraction of sp³-hybridized carbons (Fsp3) is 0.150. The third-order valence-electron chi connectivity index (χ3n) is 3.96. The molecule has 0 saturated carbocycles. The number of carboxylic acid groups (broad SMARTS) is 1. The number of ether oxygens (including phenoxy) is 1. The molecule has 0 bridgehead atoms. The highest BCUT2D eigenvalue weighted by Gasteiger charge is 2.28. The standard InChI is InChI=1S/C20H17ClN2O5/c1-12(22-16(24)11-27-15-5-3-2-4-6-15)17-18(23-28-19(17)20(25)26)13-7-9-14(21)10-8-13/h2-10,12H,11H2,1H3,(H,22,24)(H,25,26). The summed E-state index contributed by atoms with van der Waals surface area (Å²) in [6.45, 7) is 1.44. The quantitative estimate of drug-likeness (QED) is 0.622. The molecule has 2 N–H and O–H groups in total. The van der Waals surface area contributed by atoms with Gasteiger partial charge >= 0.3 is 5.97 Å². The number of carbonyl (C=O) groups is 2. The maximum atomic E-state index is 12.2. The maximum Gasteiger partial charge on any atom is 0.375 e. The van der Waals surface area contributed by atoms with E-state index in [1.165, 1.54) is 0 Å². The molecule has 7 nitrogen and oxygen atoms in total. The number of para-hydroxylation sites is 1. The molecule has 2 aromatic carbocycles. The topological polar surface area (TPSA) is 102 Å². The molecule has 0 aliphatic heterocycles. The third kappa shape index (κ3) is 4.50. The van der Waals surface area contributed by atoms with Crippen LogP contribution in [0.15, 0.2) is 59.1 Å². The van der Waals surface area contributed by atoms with Crippen LogP contribution in [0.5, 0.6) is 5.75 Å². The van der Waals surface area contributed by atoms with E-state index in [2.05, 4.69) is 10.5 Å². The van der Waals surface area contributed by atoms with Crippen molar-refractivity contribution in [1.29, 1.82) is 0 Å². The molecule has 1 aromatic heterocycles. The monoisotopic (exact) mass is 400 g/mol. The van der Waals surface area contributed by atoms with Gasteiger partial charge in [-0.15, -0.1) is 0 Å². The Labute approximate surface area is 165 Å². The first-order chi connectivity index (χ1) is 13.5. The SMILES string of the molecule is CC(NC(=O)COc1ccccc1)c1c(-c2ccc(Cl)cc2)noc1C(=O)O. The van der Waals surface area contributed by atoms with Crippen molar-refractivity contribution >= 4 is 23.5 Å². The minimum atomic E-state index is -1.27. The van der Waals surface area contributed by atoms with Crippen LogP contribution in [0.3, 0.4) is 0 Å². The Balaban J connectivity index is 1.78. The van der Waals surface area contributed by atoms with Crippen LogP contribution in [0.2, 0.25) is 5.02 Å². The fourth-order valence-electron chi connectivity index (χ4n) is 2.69. The number of amides is 1. The maximum absolute atomic E-state index is 12.2. The number of benzene rings is 2. The van der Waals surface area contributed by atoms with Crippen molar-refractivity contribution in [3.63, 3.8) is 0 Å². The Morgan fingerprint density at radius 3 is 2.50 bits per heavy atom. The molecule has 3 aromatic rings. The van der Waals surface area contributed by atoms with E-state index >= 15 is 0 Å². The summed E-state index contributed by atoms with van der Waals surface area (Å²) in [6, 6.07) is 14.9. The second-order valence-electron chi connectivity index (χ2n) is 5.98. The lowest BCUT2D eigenvalue weighted by molar-refractivity contribution is -0.123. The molecule has 144 valence electrons. The van der Waals surface area contributed by atoms with Gasteiger partial charge in [-0.2, -0.15) is 0 Å². The summed E-state index contributed by atoms with van der Waals surface area (Å²) in [7, 11) is 0. The lowest BCUT2D eigenvalue weighted by atomic mass is 10.0. The zero-order chi connectivity index (χ0) is 20.1. The van der Waals surface area contributed by atoms with E-state index in [9.17, 15) is 14.7 Å². The molecule has 0 aliphatic rings. The van der Waals surface area contributed by atoms with Crippen molar-refractivity contribution in [3.05, 3.63) is 70.9 Å². The van der Waals surface area contributed by atoms with Gasteiger partial charge < -0.3 is 19.7 Å². The summed E-state index contributed by atoms with van der Waals surface area (Å²) >= 11 is 5.90. The van der Waals surface area contributed by atoms with Crippen LogP contribution in [0, 0.1) is 0 Å². The highest BCUT2D eigenvalue weighted by Crippen LogP contribution is 2.31. The summed E-state index contributed by atoms with van der Waals surface area (Å²) in [6.07, 6.45) is 0. The van der Waals surface area contributed by atoms with E-state index in [0.717, 1.165) is 0 Å². The first-order valence-corrected chi connectivity index (χ1v) is 8.79. The minimum absolute atomic E-state index is 0.210. The van der Waals surface area contributed by atoms with Crippen molar-refractivity contribution in [3.8, 4) is 17.0 Å². The predicted octanol–water partition coefficient (Wildman–Crippen LogP) is 3.95. The van der Waals surface area contributed by atoms with Gasteiger partial charge in [0.25, 0.3) is 5.91 Å². The minimum Gasteiger partial charge on any atom is -0.484 e. The highest BCUT2D eigenvalue weighted by atomic mass is 35.5. The van der Waals surface area contributed by atoms with Crippen molar-refractivity contribution in [2.45, 2.75) is 13.0 Å². The molecule has 0 fully saturated rings. The van der Waals surface area contributed by atoms with Gasteiger partial charge in [-0.05, 0) is 31.2 Å². The number of carbonyl (C=O) groups excluding carboxylic acids is 1. The number of hydrogen-bond donors (Lipinski definition) is 2. The molecule has 1 heterocycles. The van der Waals surface area contributed by atoms with Crippen LogP contribution in [-0.4, -0.2) is 28.7 Å². The van der Waals surface area contributed by atoms with Crippen LogP contribution in [0.1, 0.15) is 29.1 Å². The van der Waals surface area contributed by atoms with Crippen LogP contribution in [0.25, 0.3) is 11.3 Å². The van der Waals surface area contributed by atoms with Crippen LogP contribution in [0.4, 0.5) is 0 Å². The van der Waals surface area contributed by atoms with Crippen molar-refractivity contribution in [2.75, 3.05) is 6.61 Å². The first-order valence-electron chi connectivity index (χ1n) is 8.41. The van der Waals surface area contributed by atoms with E-state index in [4.69, 9.17) is 20.9 Å². The molecule has 0 saturated heterocycles. The summed E-state index contributed by atoms with van der Waals surface area (Å²) in [5.41, 5.74) is 1.21. The van der Waals surface area contributed by atoms with Crippen molar-refractivity contribution in [2.24, 2.45) is 0 Å². The van der Waals surface area contributed by atoms with E-state index in [1.54, 1.807) is 55.5 Å². The number of nitrogens with zero attached hydrogens (tertiary/aromatic N) is 1. The number of nitrogens with one attached hydrogen (secondary N) is 1. The van der Waals surface area contributed by atoms with Gasteiger partial charge in [0.1, 0.15) is 11.4 Å². The van der Waals surface area contributed by atoms with Crippen LogP contribution >= 0.6 is 11.6 Å². The van der Waals surface area contributed by atoms with E-state index in [1.807, 2.05) is 6.07 Å². The fourth-order valence-corrected chi connectivity index (χ4v) is 2.82. The molecular formula is C20H17ClN2O5. The van der Waals surface area contributed by atoms with E-state index in [-0.39, 0.29) is 17.9 Å². The average molecular weight is 401 g/mol. The molecule has 1 unspecified atom stereocenters. The predicted molar refractivity (Wildman–Crippen MR) is 102 cm³/mol. The molecule has 1 atom stereocenters. The molecular weight excluding hydrogens is 384 g/mol. The molecule has 8 heteroatoms. The largest absolute Gasteiger partial charge is 0.484 e. The summed E-state index contributed by atoms with van der Waals surface area (Å²) in [4.78, 5) is 23.8. The van der Waals surface area contributed by atoms with Crippen LogP contribution < -0.4 is 10.1 Å². The van der Waals surface area contributed by atoms with Gasteiger partial charge in [-0.25, -0.2) is 4.79 Å². The summed E-state index contributed by atoms with van der Waals surface area (Å²) < 4.78 is 10.4. The Morgan fingerprint density at radius 1 is 1.18 bits per heavy atom. The molecule has 1 amide bonds. The second-order valence-corrected chi connectivity index (χ2v) is 6.41. The van der Waals surface area contributed by atoms with E-state index < -0.39 is 17.9 Å². The number of rotatable bonds is 7. The molecule has 3 rings (SSSR count). The number of hydrogen-bond acceptors (Lipinski definition) is 5. The third-order valence-corrected chi connectivity index (χ3v) is 4.22. The van der Waals surface area contributed by atoms with Crippen LogP contribution in [-0.2, 0) is 4.79 Å². The number of halogens is 1. The Kier molecular flexibility index (Phi) is 5.96. The number of carboxylic acids is 1. The lowest BCUT2D eigenvalue weighted by Crippen LogP contribution is -2.32. The summed E-state index contributed by atoms with van der Waals surface area (Å²) in [5.74, 6) is -1.45. The Hall–Kier alpha value is -3.32. The molecule has 28 heavy (non-hydrogen) atoms. The zero-order valence-electron chi connectivity index (χ0n) is 14.9. The molecule has 0 spiro atoms. The van der Waals surface area contributed by atoms with Gasteiger partial charge in [-0.3, -0.25) is 4.79 Å².